The van der Waals surface area contributed by atoms with Crippen molar-refractivity contribution in [2.75, 3.05) is 6.26 Å². The van der Waals surface area contributed by atoms with E-state index in [2.05, 4.69) is 47.0 Å². The molecule has 1 heterocycles. The SMILES string of the molecule is CSC1CCCC(NCc2c[nH]c3ccccc23)C1. The van der Waals surface area contributed by atoms with Gasteiger partial charge in [-0.2, -0.15) is 11.8 Å². The maximum Gasteiger partial charge on any atom is 0.0457 e. The van der Waals surface area contributed by atoms with E-state index in [1.807, 2.05) is 11.8 Å². The van der Waals surface area contributed by atoms with Crippen LogP contribution in [-0.4, -0.2) is 22.5 Å². The Morgan fingerprint density at radius 1 is 1.32 bits per heavy atom. The van der Waals surface area contributed by atoms with E-state index in [0.717, 1.165) is 11.8 Å². The lowest BCUT2D eigenvalue weighted by Crippen LogP contribution is -2.34. The monoisotopic (exact) mass is 274 g/mol. The number of aromatic nitrogens is 1. The Kier molecular flexibility index (Phi) is 4.14. The molecular formula is C16H22N2S. The molecule has 1 fully saturated rings. The predicted molar refractivity (Wildman–Crippen MR) is 84.7 cm³/mol. The van der Waals surface area contributed by atoms with Gasteiger partial charge in [0.2, 0.25) is 0 Å². The first-order chi connectivity index (χ1) is 9.36. The summed E-state index contributed by atoms with van der Waals surface area (Å²) in [5.41, 5.74) is 2.63. The zero-order valence-corrected chi connectivity index (χ0v) is 12.3. The molecule has 0 bridgehead atoms. The molecular weight excluding hydrogens is 252 g/mol. The van der Waals surface area contributed by atoms with Crippen molar-refractivity contribution in [2.45, 2.75) is 43.5 Å². The van der Waals surface area contributed by atoms with Crippen LogP contribution in [0.4, 0.5) is 0 Å². The van der Waals surface area contributed by atoms with E-state index in [-0.39, 0.29) is 0 Å². The van der Waals surface area contributed by atoms with Crippen molar-refractivity contribution in [3.05, 3.63) is 36.0 Å². The summed E-state index contributed by atoms with van der Waals surface area (Å²) in [6.45, 7) is 0.982. The van der Waals surface area contributed by atoms with Crippen molar-refractivity contribution in [3.8, 4) is 0 Å². The van der Waals surface area contributed by atoms with Gasteiger partial charge in [0.15, 0.2) is 0 Å². The van der Waals surface area contributed by atoms with Crippen LogP contribution < -0.4 is 5.32 Å². The number of hydrogen-bond acceptors (Lipinski definition) is 2. The van der Waals surface area contributed by atoms with Crippen LogP contribution in [0.25, 0.3) is 10.9 Å². The molecule has 1 aliphatic carbocycles. The molecule has 0 saturated heterocycles. The van der Waals surface area contributed by atoms with Gasteiger partial charge in [0.1, 0.15) is 0 Å². The molecule has 0 amide bonds. The molecule has 1 aliphatic rings. The fourth-order valence-electron chi connectivity index (χ4n) is 3.08. The average molecular weight is 274 g/mol. The molecule has 2 aromatic rings. The van der Waals surface area contributed by atoms with Crippen LogP contribution in [0.5, 0.6) is 0 Å². The van der Waals surface area contributed by atoms with Crippen LogP contribution in [0.1, 0.15) is 31.2 Å². The van der Waals surface area contributed by atoms with Crippen LogP contribution in [0.3, 0.4) is 0 Å². The highest BCUT2D eigenvalue weighted by Crippen LogP contribution is 2.27. The molecule has 1 aromatic carbocycles. The third-order valence-electron chi connectivity index (χ3n) is 4.22. The number of nitrogens with one attached hydrogen (secondary N) is 2. The van der Waals surface area contributed by atoms with Gasteiger partial charge in [-0.25, -0.2) is 0 Å². The number of para-hydroxylation sites is 1. The van der Waals surface area contributed by atoms with E-state index in [1.165, 1.54) is 42.1 Å². The molecule has 0 aliphatic heterocycles. The Bertz CT molecular complexity index is 534. The van der Waals surface area contributed by atoms with Crippen molar-refractivity contribution >= 4 is 22.7 Å². The molecule has 19 heavy (non-hydrogen) atoms. The van der Waals surface area contributed by atoms with Gasteiger partial charge in [-0.1, -0.05) is 24.6 Å². The van der Waals surface area contributed by atoms with Gasteiger partial charge in [0, 0.05) is 34.9 Å². The number of H-pyrrole nitrogens is 1. The maximum absolute atomic E-state index is 3.75. The van der Waals surface area contributed by atoms with E-state index in [9.17, 15) is 0 Å². The summed E-state index contributed by atoms with van der Waals surface area (Å²) >= 11 is 2.03. The maximum atomic E-state index is 3.75. The Morgan fingerprint density at radius 2 is 2.21 bits per heavy atom. The van der Waals surface area contributed by atoms with E-state index in [4.69, 9.17) is 0 Å². The normalized spacial score (nSPS) is 23.8. The largest absolute Gasteiger partial charge is 0.361 e. The third kappa shape index (κ3) is 2.98. The number of hydrogen-bond donors (Lipinski definition) is 2. The lowest BCUT2D eigenvalue weighted by Gasteiger charge is -2.28. The minimum Gasteiger partial charge on any atom is -0.361 e. The molecule has 2 unspecified atom stereocenters. The van der Waals surface area contributed by atoms with Crippen LogP contribution in [0.2, 0.25) is 0 Å². The molecule has 2 N–H and O–H groups in total. The Labute approximate surface area is 119 Å². The summed E-state index contributed by atoms with van der Waals surface area (Å²) in [6, 6.07) is 9.24. The highest BCUT2D eigenvalue weighted by molar-refractivity contribution is 7.99. The van der Waals surface area contributed by atoms with Gasteiger partial charge >= 0.3 is 0 Å². The van der Waals surface area contributed by atoms with E-state index >= 15 is 0 Å². The quantitative estimate of drug-likeness (QED) is 0.884. The number of rotatable bonds is 4. The molecule has 2 atom stereocenters. The summed E-state index contributed by atoms with van der Waals surface area (Å²) < 4.78 is 0. The highest BCUT2D eigenvalue weighted by Gasteiger charge is 2.20. The van der Waals surface area contributed by atoms with Crippen LogP contribution in [0, 0.1) is 0 Å². The minimum absolute atomic E-state index is 0.694. The first-order valence-electron chi connectivity index (χ1n) is 7.18. The smallest absolute Gasteiger partial charge is 0.0457 e. The van der Waals surface area contributed by atoms with Gasteiger partial charge in [-0.15, -0.1) is 0 Å². The lowest BCUT2D eigenvalue weighted by molar-refractivity contribution is 0.380. The van der Waals surface area contributed by atoms with Gasteiger partial charge in [0.25, 0.3) is 0 Å². The molecule has 102 valence electrons. The van der Waals surface area contributed by atoms with Gasteiger partial charge < -0.3 is 10.3 Å². The van der Waals surface area contributed by atoms with Crippen molar-refractivity contribution in [3.63, 3.8) is 0 Å². The first-order valence-corrected chi connectivity index (χ1v) is 8.47. The number of benzene rings is 1. The number of aromatic amines is 1. The van der Waals surface area contributed by atoms with Crippen molar-refractivity contribution in [2.24, 2.45) is 0 Å². The fraction of sp³-hybridized carbons (Fsp3) is 0.500. The zero-order chi connectivity index (χ0) is 13.1. The first kappa shape index (κ1) is 13.1. The molecule has 3 rings (SSSR count). The van der Waals surface area contributed by atoms with Crippen molar-refractivity contribution < 1.29 is 0 Å². The Morgan fingerprint density at radius 3 is 3.11 bits per heavy atom. The third-order valence-corrected chi connectivity index (χ3v) is 5.31. The summed E-state index contributed by atoms with van der Waals surface area (Å²) in [5, 5.41) is 5.96. The van der Waals surface area contributed by atoms with E-state index in [1.54, 1.807) is 0 Å². The topological polar surface area (TPSA) is 27.8 Å². The fourth-order valence-corrected chi connectivity index (χ4v) is 3.90. The second-order valence-electron chi connectivity index (χ2n) is 5.46. The van der Waals surface area contributed by atoms with Gasteiger partial charge in [-0.3, -0.25) is 0 Å². The minimum atomic E-state index is 0.694. The summed E-state index contributed by atoms with van der Waals surface area (Å²) in [7, 11) is 0. The summed E-state index contributed by atoms with van der Waals surface area (Å²) in [5.74, 6) is 0. The second-order valence-corrected chi connectivity index (χ2v) is 6.60. The van der Waals surface area contributed by atoms with Gasteiger partial charge in [0.05, 0.1) is 0 Å². The molecule has 0 spiro atoms. The van der Waals surface area contributed by atoms with Crippen LogP contribution >= 0.6 is 11.8 Å². The zero-order valence-electron chi connectivity index (χ0n) is 11.5. The van der Waals surface area contributed by atoms with Crippen molar-refractivity contribution in [1.82, 2.24) is 10.3 Å². The molecule has 1 aromatic heterocycles. The lowest BCUT2D eigenvalue weighted by atomic mass is 9.95. The highest BCUT2D eigenvalue weighted by atomic mass is 32.2. The standard InChI is InChI=1S/C16H22N2S/c1-19-14-6-4-5-13(9-14)17-10-12-11-18-16-8-3-2-7-15(12)16/h2-3,7-8,11,13-14,17-18H,4-6,9-10H2,1H3. The van der Waals surface area contributed by atoms with Crippen molar-refractivity contribution in [1.29, 1.82) is 0 Å². The van der Waals surface area contributed by atoms with E-state index in [0.29, 0.717) is 6.04 Å². The second kappa shape index (κ2) is 6.02. The number of thioether (sulfide) groups is 1. The molecule has 0 radical (unpaired) electrons. The molecule has 2 nitrogen and oxygen atoms in total. The average Bonchev–Trinajstić information content (AvgIpc) is 2.89. The Balaban J connectivity index is 1.63. The van der Waals surface area contributed by atoms with Crippen LogP contribution in [-0.2, 0) is 6.54 Å². The predicted octanol–water partition coefficient (Wildman–Crippen LogP) is 3.93. The van der Waals surface area contributed by atoms with Gasteiger partial charge in [-0.05, 0) is 37.1 Å². The summed E-state index contributed by atoms with van der Waals surface area (Å²) in [4.78, 5) is 3.35. The Hall–Kier alpha value is -0.930. The molecule has 3 heteroatoms. The molecule has 1 saturated carbocycles. The summed E-state index contributed by atoms with van der Waals surface area (Å²) in [6.07, 6.45) is 9.81. The van der Waals surface area contributed by atoms with Crippen LogP contribution in [0.15, 0.2) is 30.5 Å². The van der Waals surface area contributed by atoms with E-state index < -0.39 is 0 Å². The number of fused-ring (bicyclic) bond motifs is 1.